The van der Waals surface area contributed by atoms with Gasteiger partial charge in [0.25, 0.3) is 5.56 Å². The van der Waals surface area contributed by atoms with Crippen molar-refractivity contribution < 1.29 is 5.11 Å². The Morgan fingerprint density at radius 2 is 2.00 bits per heavy atom. The van der Waals surface area contributed by atoms with Gasteiger partial charge < -0.3 is 10.4 Å². The molecule has 1 saturated heterocycles. The fourth-order valence-electron chi connectivity index (χ4n) is 4.10. The van der Waals surface area contributed by atoms with Crippen molar-refractivity contribution in [2.75, 3.05) is 13.1 Å². The van der Waals surface area contributed by atoms with E-state index in [1.54, 1.807) is 16.7 Å². The molecule has 1 fully saturated rings. The molecule has 1 unspecified atom stereocenters. The standard InChI is InChI=1S/C20H30N4O2/c1-5-6-18(24-10-13(2)21-14(3)11-24)19-22-17-9-15(12-25)7-8-16(17)20(26)23(19)4/h7-9,13-14,18,21,25H,5-6,10-12H2,1-4H3/t13-,14+,18?. The maximum atomic E-state index is 12.9. The summed E-state index contributed by atoms with van der Waals surface area (Å²) >= 11 is 0. The normalized spacial score (nSPS) is 22.7. The Balaban J connectivity index is 2.09. The van der Waals surface area contributed by atoms with Crippen LogP contribution in [-0.2, 0) is 13.7 Å². The summed E-state index contributed by atoms with van der Waals surface area (Å²) in [6.07, 6.45) is 1.99. The summed E-state index contributed by atoms with van der Waals surface area (Å²) in [7, 11) is 1.82. The van der Waals surface area contributed by atoms with E-state index in [0.717, 1.165) is 37.3 Å². The Hall–Kier alpha value is -1.76. The maximum absolute atomic E-state index is 12.9. The highest BCUT2D eigenvalue weighted by atomic mass is 16.3. The van der Waals surface area contributed by atoms with Gasteiger partial charge in [-0.25, -0.2) is 4.98 Å². The van der Waals surface area contributed by atoms with E-state index in [9.17, 15) is 9.90 Å². The highest BCUT2D eigenvalue weighted by Crippen LogP contribution is 2.27. The van der Waals surface area contributed by atoms with E-state index in [2.05, 4.69) is 31.0 Å². The van der Waals surface area contributed by atoms with Gasteiger partial charge in [-0.1, -0.05) is 19.4 Å². The van der Waals surface area contributed by atoms with Crippen molar-refractivity contribution in [1.82, 2.24) is 19.8 Å². The van der Waals surface area contributed by atoms with Gasteiger partial charge in [-0.15, -0.1) is 0 Å². The van der Waals surface area contributed by atoms with E-state index >= 15 is 0 Å². The van der Waals surface area contributed by atoms with Gasteiger partial charge in [0.1, 0.15) is 5.82 Å². The molecule has 2 aromatic rings. The largest absolute Gasteiger partial charge is 0.392 e. The molecule has 142 valence electrons. The fourth-order valence-corrected chi connectivity index (χ4v) is 4.10. The van der Waals surface area contributed by atoms with Crippen molar-refractivity contribution in [3.05, 3.63) is 39.9 Å². The van der Waals surface area contributed by atoms with Crippen molar-refractivity contribution >= 4 is 10.9 Å². The molecule has 3 rings (SSSR count). The van der Waals surface area contributed by atoms with Crippen LogP contribution in [-0.4, -0.2) is 44.7 Å². The lowest BCUT2D eigenvalue weighted by atomic mass is 10.0. The van der Waals surface area contributed by atoms with Crippen LogP contribution in [0.25, 0.3) is 10.9 Å². The molecule has 1 aliphatic heterocycles. The first-order valence-electron chi connectivity index (χ1n) is 9.55. The zero-order valence-corrected chi connectivity index (χ0v) is 16.2. The summed E-state index contributed by atoms with van der Waals surface area (Å²) in [6, 6.07) is 6.32. The van der Waals surface area contributed by atoms with E-state index in [0.29, 0.717) is 23.0 Å². The summed E-state index contributed by atoms with van der Waals surface area (Å²) < 4.78 is 1.71. The fraction of sp³-hybridized carbons (Fsp3) is 0.600. The van der Waals surface area contributed by atoms with Gasteiger partial charge in [0, 0.05) is 32.2 Å². The minimum atomic E-state index is -0.0482. The highest BCUT2D eigenvalue weighted by Gasteiger charge is 2.30. The molecule has 2 heterocycles. The van der Waals surface area contributed by atoms with Crippen LogP contribution in [0.2, 0.25) is 0 Å². The second kappa shape index (κ2) is 7.86. The van der Waals surface area contributed by atoms with E-state index < -0.39 is 0 Å². The summed E-state index contributed by atoms with van der Waals surface area (Å²) in [4.78, 5) is 20.2. The van der Waals surface area contributed by atoms with Crippen LogP contribution in [0.4, 0.5) is 0 Å². The Kier molecular flexibility index (Phi) is 5.75. The quantitative estimate of drug-likeness (QED) is 0.855. The summed E-state index contributed by atoms with van der Waals surface area (Å²) in [5.41, 5.74) is 1.43. The van der Waals surface area contributed by atoms with Crippen LogP contribution in [0.1, 0.15) is 51.0 Å². The zero-order chi connectivity index (χ0) is 18.8. The van der Waals surface area contributed by atoms with E-state index in [4.69, 9.17) is 4.98 Å². The van der Waals surface area contributed by atoms with E-state index in [1.165, 1.54) is 0 Å². The van der Waals surface area contributed by atoms with Crippen LogP contribution < -0.4 is 10.9 Å². The van der Waals surface area contributed by atoms with Crippen LogP contribution in [0, 0.1) is 0 Å². The summed E-state index contributed by atoms with van der Waals surface area (Å²) in [6.45, 7) is 8.41. The number of aromatic nitrogens is 2. The van der Waals surface area contributed by atoms with Crippen molar-refractivity contribution in [3.8, 4) is 0 Å². The number of benzene rings is 1. The van der Waals surface area contributed by atoms with Crippen molar-refractivity contribution in [2.45, 2.75) is 58.3 Å². The van der Waals surface area contributed by atoms with Crippen LogP contribution in [0.15, 0.2) is 23.0 Å². The molecule has 0 radical (unpaired) electrons. The Morgan fingerprint density at radius 1 is 1.31 bits per heavy atom. The number of aliphatic hydroxyl groups excluding tert-OH is 1. The van der Waals surface area contributed by atoms with Crippen LogP contribution in [0.5, 0.6) is 0 Å². The summed E-state index contributed by atoms with van der Waals surface area (Å²) in [5.74, 6) is 0.820. The first-order valence-corrected chi connectivity index (χ1v) is 9.55. The van der Waals surface area contributed by atoms with Gasteiger partial charge in [0.2, 0.25) is 0 Å². The lowest BCUT2D eigenvalue weighted by Crippen LogP contribution is -2.55. The lowest BCUT2D eigenvalue weighted by Gasteiger charge is -2.41. The predicted molar refractivity (Wildman–Crippen MR) is 104 cm³/mol. The van der Waals surface area contributed by atoms with Crippen molar-refractivity contribution in [3.63, 3.8) is 0 Å². The first kappa shape index (κ1) is 19.0. The predicted octanol–water partition coefficient (Wildman–Crippen LogP) is 1.95. The van der Waals surface area contributed by atoms with E-state index in [1.807, 2.05) is 13.1 Å². The molecule has 0 amide bonds. The molecule has 6 nitrogen and oxygen atoms in total. The molecule has 6 heteroatoms. The molecular weight excluding hydrogens is 328 g/mol. The average Bonchev–Trinajstić information content (AvgIpc) is 2.61. The Morgan fingerprint density at radius 3 is 2.62 bits per heavy atom. The highest BCUT2D eigenvalue weighted by molar-refractivity contribution is 5.78. The molecule has 0 bridgehead atoms. The number of nitrogens with zero attached hydrogens (tertiary/aromatic N) is 3. The molecule has 26 heavy (non-hydrogen) atoms. The summed E-state index contributed by atoms with van der Waals surface area (Å²) in [5, 5.41) is 13.6. The van der Waals surface area contributed by atoms with Crippen molar-refractivity contribution in [2.24, 2.45) is 7.05 Å². The molecule has 2 N–H and O–H groups in total. The SMILES string of the molecule is CCCC(c1nc2cc(CO)ccc2c(=O)n1C)N1C[C@@H](C)N[C@@H](C)C1. The number of aliphatic hydroxyl groups is 1. The van der Waals surface area contributed by atoms with Crippen LogP contribution >= 0.6 is 0 Å². The third-order valence-corrected chi connectivity index (χ3v) is 5.25. The topological polar surface area (TPSA) is 70.4 Å². The van der Waals surface area contributed by atoms with Crippen LogP contribution in [0.3, 0.4) is 0 Å². The first-order chi connectivity index (χ1) is 12.4. The minimum Gasteiger partial charge on any atom is -0.392 e. The van der Waals surface area contributed by atoms with Gasteiger partial charge in [0.15, 0.2) is 0 Å². The number of fused-ring (bicyclic) bond motifs is 1. The second-order valence-electron chi connectivity index (χ2n) is 7.57. The smallest absolute Gasteiger partial charge is 0.261 e. The van der Waals surface area contributed by atoms with Gasteiger partial charge in [-0.3, -0.25) is 14.3 Å². The molecule has 1 aromatic carbocycles. The van der Waals surface area contributed by atoms with Gasteiger partial charge >= 0.3 is 0 Å². The number of nitrogens with one attached hydrogen (secondary N) is 1. The monoisotopic (exact) mass is 358 g/mol. The third kappa shape index (κ3) is 3.68. The van der Waals surface area contributed by atoms with E-state index in [-0.39, 0.29) is 18.2 Å². The van der Waals surface area contributed by atoms with Gasteiger partial charge in [-0.2, -0.15) is 0 Å². The molecule has 1 aliphatic rings. The Bertz CT molecular complexity index is 822. The molecule has 0 aliphatic carbocycles. The van der Waals surface area contributed by atoms with Crippen molar-refractivity contribution in [1.29, 1.82) is 0 Å². The molecule has 1 aromatic heterocycles. The number of rotatable bonds is 5. The average molecular weight is 358 g/mol. The number of hydrogen-bond donors (Lipinski definition) is 2. The third-order valence-electron chi connectivity index (χ3n) is 5.25. The number of piperazine rings is 1. The lowest BCUT2D eigenvalue weighted by molar-refractivity contribution is 0.109. The molecule has 0 spiro atoms. The molecular formula is C20H30N4O2. The molecule has 3 atom stereocenters. The second-order valence-corrected chi connectivity index (χ2v) is 7.57. The maximum Gasteiger partial charge on any atom is 0.261 e. The zero-order valence-electron chi connectivity index (χ0n) is 16.2. The minimum absolute atomic E-state index is 0.0215. The number of hydrogen-bond acceptors (Lipinski definition) is 5. The Labute approximate surface area is 154 Å². The van der Waals surface area contributed by atoms with Gasteiger partial charge in [0.05, 0.1) is 23.6 Å². The van der Waals surface area contributed by atoms with Gasteiger partial charge in [-0.05, 0) is 38.0 Å². The molecule has 0 saturated carbocycles.